The lowest BCUT2D eigenvalue weighted by Crippen LogP contribution is -2.38. The summed E-state index contributed by atoms with van der Waals surface area (Å²) in [4.78, 5) is 16.8. The van der Waals surface area contributed by atoms with Gasteiger partial charge in [-0.2, -0.15) is 0 Å². The fraction of sp³-hybridized carbons (Fsp3) is 0.381. The van der Waals surface area contributed by atoms with Crippen LogP contribution < -0.4 is 9.64 Å². The van der Waals surface area contributed by atoms with Gasteiger partial charge >= 0.3 is 6.03 Å². The van der Waals surface area contributed by atoms with Gasteiger partial charge < -0.3 is 9.64 Å². The molecule has 2 amide bonds. The van der Waals surface area contributed by atoms with Crippen molar-refractivity contribution in [3.8, 4) is 5.75 Å². The molecule has 2 saturated heterocycles. The SMILES string of the molecule is COc1cccc(CN2C(=O)N(c3cc(C)ccc3C)C3CS(=O)(=O)CC32)c1. The molecule has 2 fully saturated rings. The van der Waals surface area contributed by atoms with Crippen LogP contribution in [0.2, 0.25) is 0 Å². The van der Waals surface area contributed by atoms with Gasteiger partial charge in [0.1, 0.15) is 5.75 Å². The number of sulfone groups is 1. The van der Waals surface area contributed by atoms with Crippen molar-refractivity contribution in [1.29, 1.82) is 0 Å². The van der Waals surface area contributed by atoms with Gasteiger partial charge in [-0.3, -0.25) is 4.90 Å². The molecule has 0 N–H and O–H groups in total. The predicted molar refractivity (Wildman–Crippen MR) is 109 cm³/mol. The van der Waals surface area contributed by atoms with Crippen LogP contribution in [-0.2, 0) is 16.4 Å². The summed E-state index contributed by atoms with van der Waals surface area (Å²) in [7, 11) is -1.59. The van der Waals surface area contributed by atoms with Crippen LogP contribution in [0, 0.1) is 13.8 Å². The maximum atomic E-state index is 13.4. The van der Waals surface area contributed by atoms with Crippen molar-refractivity contribution in [2.45, 2.75) is 32.5 Å². The Morgan fingerprint density at radius 2 is 1.82 bits per heavy atom. The topological polar surface area (TPSA) is 66.9 Å². The summed E-state index contributed by atoms with van der Waals surface area (Å²) in [6, 6.07) is 12.6. The van der Waals surface area contributed by atoms with Gasteiger partial charge in [0, 0.05) is 12.2 Å². The molecule has 2 aliphatic heterocycles. The van der Waals surface area contributed by atoms with E-state index in [0.717, 1.165) is 22.4 Å². The number of hydrogen-bond donors (Lipinski definition) is 0. The third kappa shape index (κ3) is 3.24. The van der Waals surface area contributed by atoms with E-state index in [1.54, 1.807) is 16.9 Å². The monoisotopic (exact) mass is 400 g/mol. The number of benzene rings is 2. The Morgan fingerprint density at radius 3 is 2.57 bits per heavy atom. The lowest BCUT2D eigenvalue weighted by atomic mass is 10.1. The average Bonchev–Trinajstić information content (AvgIpc) is 3.08. The molecular weight excluding hydrogens is 376 g/mol. The molecule has 2 atom stereocenters. The number of amides is 2. The molecule has 0 bridgehead atoms. The van der Waals surface area contributed by atoms with Crippen LogP contribution >= 0.6 is 0 Å². The first-order valence-electron chi connectivity index (χ1n) is 9.29. The van der Waals surface area contributed by atoms with E-state index in [0.29, 0.717) is 12.3 Å². The van der Waals surface area contributed by atoms with Crippen molar-refractivity contribution in [3.63, 3.8) is 0 Å². The van der Waals surface area contributed by atoms with Gasteiger partial charge in [-0.1, -0.05) is 24.3 Å². The van der Waals surface area contributed by atoms with E-state index in [9.17, 15) is 13.2 Å². The first kappa shape index (κ1) is 18.8. The zero-order valence-corrected chi connectivity index (χ0v) is 17.1. The minimum atomic E-state index is -3.19. The van der Waals surface area contributed by atoms with Gasteiger partial charge in [0.15, 0.2) is 9.84 Å². The molecule has 0 aromatic heterocycles. The molecule has 2 aromatic rings. The van der Waals surface area contributed by atoms with Crippen molar-refractivity contribution >= 4 is 21.6 Å². The molecule has 28 heavy (non-hydrogen) atoms. The molecule has 148 valence electrons. The molecule has 0 radical (unpaired) electrons. The number of ether oxygens (including phenoxy) is 1. The molecular formula is C21H24N2O4S. The van der Waals surface area contributed by atoms with Crippen molar-refractivity contribution in [2.75, 3.05) is 23.5 Å². The highest BCUT2D eigenvalue weighted by Gasteiger charge is 2.54. The highest BCUT2D eigenvalue weighted by molar-refractivity contribution is 7.91. The Labute approximate surface area is 165 Å². The first-order valence-corrected chi connectivity index (χ1v) is 11.1. The fourth-order valence-electron chi connectivity index (χ4n) is 4.19. The molecule has 2 aromatic carbocycles. The van der Waals surface area contributed by atoms with Crippen molar-refractivity contribution < 1.29 is 17.9 Å². The van der Waals surface area contributed by atoms with Gasteiger partial charge in [-0.05, 0) is 48.7 Å². The van der Waals surface area contributed by atoms with Crippen LogP contribution in [-0.4, -0.2) is 50.0 Å². The Balaban J connectivity index is 1.73. The summed E-state index contributed by atoms with van der Waals surface area (Å²) < 4.78 is 30.1. The molecule has 0 saturated carbocycles. The maximum absolute atomic E-state index is 13.4. The number of urea groups is 1. The zero-order valence-electron chi connectivity index (χ0n) is 16.3. The van der Waals surface area contributed by atoms with Crippen molar-refractivity contribution in [2.24, 2.45) is 0 Å². The fourth-order valence-corrected chi connectivity index (χ4v) is 6.14. The molecule has 2 aliphatic rings. The number of nitrogens with zero attached hydrogens (tertiary/aromatic N) is 2. The molecule has 2 heterocycles. The first-order chi connectivity index (χ1) is 13.3. The second-order valence-corrected chi connectivity index (χ2v) is 9.79. The number of aryl methyl sites for hydroxylation is 2. The number of fused-ring (bicyclic) bond motifs is 1. The smallest absolute Gasteiger partial charge is 0.325 e. The second kappa shape index (κ2) is 6.81. The van der Waals surface area contributed by atoms with Crippen LogP contribution in [0.25, 0.3) is 0 Å². The van der Waals surface area contributed by atoms with Crippen molar-refractivity contribution in [3.05, 3.63) is 59.2 Å². The van der Waals surface area contributed by atoms with Crippen LogP contribution in [0.5, 0.6) is 5.75 Å². The van der Waals surface area contributed by atoms with E-state index < -0.39 is 9.84 Å². The lowest BCUT2D eigenvalue weighted by Gasteiger charge is -2.24. The van der Waals surface area contributed by atoms with Gasteiger partial charge in [-0.15, -0.1) is 0 Å². The summed E-state index contributed by atoms with van der Waals surface area (Å²) in [6.07, 6.45) is 0. The summed E-state index contributed by atoms with van der Waals surface area (Å²) in [5.41, 5.74) is 3.71. The number of carbonyl (C=O) groups is 1. The number of rotatable bonds is 4. The number of anilines is 1. The molecule has 2 unspecified atom stereocenters. The third-order valence-electron chi connectivity index (χ3n) is 5.59. The number of methoxy groups -OCH3 is 1. The standard InChI is InChI=1S/C21H24N2O4S/c1-14-7-8-15(2)18(9-14)23-20-13-28(25,26)12-19(20)22(21(23)24)11-16-5-4-6-17(10-16)27-3/h4-10,19-20H,11-13H2,1-3H3. The van der Waals surface area contributed by atoms with E-state index in [4.69, 9.17) is 4.74 Å². The zero-order chi connectivity index (χ0) is 20.1. The highest BCUT2D eigenvalue weighted by Crippen LogP contribution is 2.37. The number of carbonyl (C=O) groups excluding carboxylic acids is 1. The van der Waals surface area contributed by atoms with Gasteiger partial charge in [-0.25, -0.2) is 13.2 Å². The van der Waals surface area contributed by atoms with E-state index in [-0.39, 0.29) is 29.6 Å². The van der Waals surface area contributed by atoms with Gasteiger partial charge in [0.2, 0.25) is 0 Å². The Kier molecular flexibility index (Phi) is 4.57. The summed E-state index contributed by atoms with van der Waals surface area (Å²) in [5, 5.41) is 0. The van der Waals surface area contributed by atoms with Crippen LogP contribution in [0.3, 0.4) is 0 Å². The van der Waals surface area contributed by atoms with E-state index in [1.165, 1.54) is 0 Å². The largest absolute Gasteiger partial charge is 0.497 e. The molecule has 6 nitrogen and oxygen atoms in total. The molecule has 4 rings (SSSR count). The number of hydrogen-bond acceptors (Lipinski definition) is 4. The summed E-state index contributed by atoms with van der Waals surface area (Å²) >= 11 is 0. The van der Waals surface area contributed by atoms with E-state index in [1.807, 2.05) is 56.3 Å². The minimum absolute atomic E-state index is 0.00536. The Hall–Kier alpha value is -2.54. The third-order valence-corrected chi connectivity index (χ3v) is 7.29. The van der Waals surface area contributed by atoms with Gasteiger partial charge in [0.25, 0.3) is 0 Å². The van der Waals surface area contributed by atoms with Crippen LogP contribution in [0.4, 0.5) is 10.5 Å². The second-order valence-electron chi connectivity index (χ2n) is 7.63. The summed E-state index contributed by atoms with van der Waals surface area (Å²) in [5.74, 6) is 0.728. The van der Waals surface area contributed by atoms with Gasteiger partial charge in [0.05, 0.1) is 30.7 Å². The lowest BCUT2D eigenvalue weighted by molar-refractivity contribution is 0.205. The Morgan fingerprint density at radius 1 is 1.07 bits per heavy atom. The van der Waals surface area contributed by atoms with Crippen LogP contribution in [0.15, 0.2) is 42.5 Å². The molecule has 7 heteroatoms. The molecule has 0 spiro atoms. The normalized spacial score (nSPS) is 23.2. The van der Waals surface area contributed by atoms with Crippen LogP contribution in [0.1, 0.15) is 16.7 Å². The Bertz CT molecular complexity index is 1030. The van der Waals surface area contributed by atoms with Crippen molar-refractivity contribution in [1.82, 2.24) is 4.90 Å². The predicted octanol–water partition coefficient (Wildman–Crippen LogP) is 2.92. The maximum Gasteiger partial charge on any atom is 0.325 e. The average molecular weight is 401 g/mol. The summed E-state index contributed by atoms with van der Waals surface area (Å²) in [6.45, 7) is 4.28. The quantitative estimate of drug-likeness (QED) is 0.740. The molecule has 0 aliphatic carbocycles. The minimum Gasteiger partial charge on any atom is -0.497 e. The van der Waals surface area contributed by atoms with E-state index >= 15 is 0 Å². The highest BCUT2D eigenvalue weighted by atomic mass is 32.2. The van der Waals surface area contributed by atoms with E-state index in [2.05, 4.69) is 0 Å².